The highest BCUT2D eigenvalue weighted by Crippen LogP contribution is 2.47. The molecule has 3 rings (SSSR count). The highest BCUT2D eigenvalue weighted by Gasteiger charge is 2.44. The molecule has 0 unspecified atom stereocenters. The van der Waals surface area contributed by atoms with Gasteiger partial charge >= 0.3 is 0 Å². The first-order valence-corrected chi connectivity index (χ1v) is 9.57. The average molecular weight is 514 g/mol. The minimum Gasteiger partial charge on any atom is -0.459 e. The largest absolute Gasteiger partial charge is 0.459 e. The number of furan rings is 1. The van der Waals surface area contributed by atoms with Gasteiger partial charge in [0, 0.05) is 37.7 Å². The molecule has 1 amide bonds. The van der Waals surface area contributed by atoms with Crippen LogP contribution in [-0.4, -0.2) is 38.5 Å². The first-order chi connectivity index (χ1) is 13.5. The smallest absolute Gasteiger partial charge is 0.287 e. The first-order valence-electron chi connectivity index (χ1n) is 9.57. The van der Waals surface area contributed by atoms with Gasteiger partial charge in [-0.2, -0.15) is 0 Å². The molecule has 8 heteroatoms. The minimum absolute atomic E-state index is 0. The lowest BCUT2D eigenvalue weighted by Crippen LogP contribution is -2.42. The molecule has 1 heterocycles. The topological polar surface area (TPSA) is 78.7 Å². The standard InChI is InChI=1S/C21H27FN4O2.HI/c1-15-7-12-28-18(15)19(27)24-10-4-11-25-20(23-2)26-14-21(8-9-21)16-5-3-6-17(22)13-16;/h3,5-7,12-13H,4,8-11,14H2,1-2H3,(H,24,27)(H2,23,25,26);1H. The molecule has 1 saturated carbocycles. The van der Waals surface area contributed by atoms with Crippen LogP contribution in [0.15, 0.2) is 46.0 Å². The summed E-state index contributed by atoms with van der Waals surface area (Å²) in [6.45, 7) is 3.76. The van der Waals surface area contributed by atoms with Crippen molar-refractivity contribution in [3.8, 4) is 0 Å². The summed E-state index contributed by atoms with van der Waals surface area (Å²) in [4.78, 5) is 16.2. The summed E-state index contributed by atoms with van der Waals surface area (Å²) in [5.41, 5.74) is 1.85. The number of rotatable bonds is 8. The molecule has 0 atom stereocenters. The Morgan fingerprint density at radius 3 is 2.59 bits per heavy atom. The molecule has 1 fully saturated rings. The lowest BCUT2D eigenvalue weighted by atomic mass is 9.96. The van der Waals surface area contributed by atoms with E-state index in [4.69, 9.17) is 4.42 Å². The fraction of sp³-hybridized carbons (Fsp3) is 0.429. The second-order valence-corrected chi connectivity index (χ2v) is 7.19. The summed E-state index contributed by atoms with van der Waals surface area (Å²) in [5, 5.41) is 9.42. The van der Waals surface area contributed by atoms with Crippen LogP contribution in [-0.2, 0) is 5.41 Å². The molecule has 0 saturated heterocycles. The second-order valence-electron chi connectivity index (χ2n) is 7.19. The predicted octanol–water partition coefficient (Wildman–Crippen LogP) is 3.36. The van der Waals surface area contributed by atoms with Crippen molar-refractivity contribution >= 4 is 35.8 Å². The van der Waals surface area contributed by atoms with Crippen molar-refractivity contribution in [1.29, 1.82) is 0 Å². The number of nitrogens with zero attached hydrogens (tertiary/aromatic N) is 1. The number of guanidine groups is 1. The molecule has 1 aliphatic carbocycles. The van der Waals surface area contributed by atoms with Gasteiger partial charge in [0.25, 0.3) is 5.91 Å². The predicted molar refractivity (Wildman–Crippen MR) is 122 cm³/mol. The van der Waals surface area contributed by atoms with E-state index in [0.29, 0.717) is 31.4 Å². The number of aliphatic imine (C=N–C) groups is 1. The summed E-state index contributed by atoms with van der Waals surface area (Å²) in [7, 11) is 1.72. The maximum absolute atomic E-state index is 13.5. The van der Waals surface area contributed by atoms with E-state index in [1.807, 2.05) is 13.0 Å². The molecule has 0 bridgehead atoms. The molecule has 0 spiro atoms. The van der Waals surface area contributed by atoms with E-state index < -0.39 is 0 Å². The molecular formula is C21H28FIN4O2. The van der Waals surface area contributed by atoms with Crippen LogP contribution in [0.5, 0.6) is 0 Å². The quantitative estimate of drug-likeness (QED) is 0.219. The lowest BCUT2D eigenvalue weighted by Gasteiger charge is -2.19. The summed E-state index contributed by atoms with van der Waals surface area (Å²) >= 11 is 0. The molecular weight excluding hydrogens is 486 g/mol. The molecule has 3 N–H and O–H groups in total. The third kappa shape index (κ3) is 6.19. The normalized spacial score (nSPS) is 14.7. The van der Waals surface area contributed by atoms with Gasteiger partial charge in [-0.3, -0.25) is 9.79 Å². The van der Waals surface area contributed by atoms with Crippen molar-refractivity contribution in [2.24, 2.45) is 4.99 Å². The third-order valence-electron chi connectivity index (χ3n) is 5.11. The van der Waals surface area contributed by atoms with Crippen LogP contribution in [0, 0.1) is 12.7 Å². The number of halogens is 2. The Morgan fingerprint density at radius 1 is 1.21 bits per heavy atom. The number of hydrogen-bond donors (Lipinski definition) is 3. The van der Waals surface area contributed by atoms with Gasteiger partial charge in [0.1, 0.15) is 5.82 Å². The zero-order chi connectivity index (χ0) is 20.0. The van der Waals surface area contributed by atoms with E-state index in [1.54, 1.807) is 25.2 Å². The van der Waals surface area contributed by atoms with Crippen LogP contribution in [0.4, 0.5) is 4.39 Å². The molecule has 29 heavy (non-hydrogen) atoms. The van der Waals surface area contributed by atoms with Crippen LogP contribution in [0.2, 0.25) is 0 Å². The maximum Gasteiger partial charge on any atom is 0.287 e. The summed E-state index contributed by atoms with van der Waals surface area (Å²) in [5.74, 6) is 0.669. The second kappa shape index (κ2) is 10.6. The van der Waals surface area contributed by atoms with E-state index in [1.165, 1.54) is 12.3 Å². The van der Waals surface area contributed by atoms with Crippen molar-refractivity contribution in [3.05, 3.63) is 59.3 Å². The minimum atomic E-state index is -0.198. The molecule has 1 aromatic carbocycles. The highest BCUT2D eigenvalue weighted by molar-refractivity contribution is 14.0. The number of aryl methyl sites for hydroxylation is 1. The fourth-order valence-electron chi connectivity index (χ4n) is 3.19. The van der Waals surface area contributed by atoms with Gasteiger partial charge in [-0.25, -0.2) is 4.39 Å². The van der Waals surface area contributed by atoms with E-state index in [0.717, 1.165) is 30.4 Å². The van der Waals surface area contributed by atoms with Crippen LogP contribution in [0.1, 0.15) is 40.9 Å². The zero-order valence-corrected chi connectivity index (χ0v) is 19.1. The molecule has 1 aromatic heterocycles. The van der Waals surface area contributed by atoms with Gasteiger partial charge in [-0.15, -0.1) is 24.0 Å². The molecule has 6 nitrogen and oxygen atoms in total. The van der Waals surface area contributed by atoms with Crippen molar-refractivity contribution in [1.82, 2.24) is 16.0 Å². The Hall–Kier alpha value is -2.10. The molecule has 0 aliphatic heterocycles. The van der Waals surface area contributed by atoms with Gasteiger partial charge < -0.3 is 20.4 Å². The van der Waals surface area contributed by atoms with Gasteiger partial charge in [0.05, 0.1) is 6.26 Å². The number of carbonyl (C=O) groups excluding carboxylic acids is 1. The van der Waals surface area contributed by atoms with Crippen LogP contribution in [0.3, 0.4) is 0 Å². The third-order valence-corrected chi connectivity index (χ3v) is 5.11. The van der Waals surface area contributed by atoms with Crippen molar-refractivity contribution in [2.75, 3.05) is 26.7 Å². The van der Waals surface area contributed by atoms with Crippen molar-refractivity contribution in [2.45, 2.75) is 31.6 Å². The fourth-order valence-corrected chi connectivity index (χ4v) is 3.19. The summed E-state index contributed by atoms with van der Waals surface area (Å²) < 4.78 is 18.7. The molecule has 0 radical (unpaired) electrons. The van der Waals surface area contributed by atoms with Gasteiger partial charge in [0.2, 0.25) is 0 Å². The number of hydrogen-bond acceptors (Lipinski definition) is 3. The average Bonchev–Trinajstić information content (AvgIpc) is 3.36. The zero-order valence-electron chi connectivity index (χ0n) is 16.8. The number of nitrogens with one attached hydrogen (secondary N) is 3. The lowest BCUT2D eigenvalue weighted by molar-refractivity contribution is 0.0925. The molecule has 1 aliphatic rings. The SMILES string of the molecule is CN=C(NCCCNC(=O)c1occc1C)NCC1(c2cccc(F)c2)CC1.I. The summed E-state index contributed by atoms with van der Waals surface area (Å²) in [6, 6.07) is 8.60. The molecule has 2 aromatic rings. The highest BCUT2D eigenvalue weighted by atomic mass is 127. The van der Waals surface area contributed by atoms with E-state index in [-0.39, 0.29) is 41.1 Å². The van der Waals surface area contributed by atoms with Gasteiger partial charge in [-0.1, -0.05) is 12.1 Å². The van der Waals surface area contributed by atoms with Crippen LogP contribution >= 0.6 is 24.0 Å². The van der Waals surface area contributed by atoms with Crippen LogP contribution < -0.4 is 16.0 Å². The number of amides is 1. The first kappa shape index (κ1) is 23.2. The van der Waals surface area contributed by atoms with Gasteiger partial charge in [-0.05, 0) is 49.9 Å². The Morgan fingerprint density at radius 2 is 1.97 bits per heavy atom. The summed E-state index contributed by atoms with van der Waals surface area (Å²) in [6.07, 6.45) is 4.34. The van der Waals surface area contributed by atoms with Crippen LogP contribution in [0.25, 0.3) is 0 Å². The van der Waals surface area contributed by atoms with E-state index >= 15 is 0 Å². The molecule has 158 valence electrons. The Bertz CT molecular complexity index is 849. The monoisotopic (exact) mass is 514 g/mol. The Balaban J connectivity index is 0.00000300. The number of benzene rings is 1. The Kier molecular flexibility index (Phi) is 8.48. The number of carbonyl (C=O) groups is 1. The Labute approximate surface area is 187 Å². The van der Waals surface area contributed by atoms with E-state index in [2.05, 4.69) is 20.9 Å². The van der Waals surface area contributed by atoms with Crippen molar-refractivity contribution < 1.29 is 13.6 Å². The van der Waals surface area contributed by atoms with Crippen molar-refractivity contribution in [3.63, 3.8) is 0 Å². The maximum atomic E-state index is 13.5. The van der Waals surface area contributed by atoms with E-state index in [9.17, 15) is 9.18 Å². The van der Waals surface area contributed by atoms with Gasteiger partial charge in [0.15, 0.2) is 11.7 Å².